The van der Waals surface area contributed by atoms with Gasteiger partial charge in [-0.15, -0.1) is 0 Å². The van der Waals surface area contributed by atoms with Crippen LogP contribution in [0.15, 0.2) is 48.5 Å². The molecule has 1 amide bonds. The van der Waals surface area contributed by atoms with Crippen molar-refractivity contribution in [3.05, 3.63) is 54.1 Å². The third kappa shape index (κ3) is 5.92. The summed E-state index contributed by atoms with van der Waals surface area (Å²) < 4.78 is 0. The first-order valence-corrected chi connectivity index (χ1v) is 11.7. The molecular formula is C26H33N5O2. The Morgan fingerprint density at radius 3 is 2.52 bits per heavy atom. The van der Waals surface area contributed by atoms with Crippen LogP contribution in [0.1, 0.15) is 37.7 Å². The summed E-state index contributed by atoms with van der Waals surface area (Å²) in [6, 6.07) is 15.6. The molecule has 0 atom stereocenters. The smallest absolute Gasteiger partial charge is 0.225 e. The number of aromatic nitrogens is 2. The molecule has 2 aromatic carbocycles. The fourth-order valence-electron chi connectivity index (χ4n) is 4.48. The van der Waals surface area contributed by atoms with Crippen molar-refractivity contribution in [2.75, 3.05) is 30.9 Å². The van der Waals surface area contributed by atoms with Crippen LogP contribution in [0.3, 0.4) is 0 Å². The van der Waals surface area contributed by atoms with Gasteiger partial charge in [0.15, 0.2) is 0 Å². The van der Waals surface area contributed by atoms with Crippen LogP contribution < -0.4 is 15.5 Å². The molecule has 1 aliphatic rings. The summed E-state index contributed by atoms with van der Waals surface area (Å²) in [7, 11) is 4.00. The van der Waals surface area contributed by atoms with Gasteiger partial charge < -0.3 is 20.6 Å². The second kappa shape index (κ2) is 10.5. The highest BCUT2D eigenvalue weighted by molar-refractivity contribution is 5.90. The van der Waals surface area contributed by atoms with Gasteiger partial charge in [-0.1, -0.05) is 30.3 Å². The van der Waals surface area contributed by atoms with Crippen LogP contribution >= 0.6 is 0 Å². The van der Waals surface area contributed by atoms with E-state index in [1.807, 2.05) is 49.3 Å². The van der Waals surface area contributed by atoms with E-state index < -0.39 is 0 Å². The number of carbonyl (C=O) groups is 1. The Kier molecular flexibility index (Phi) is 7.27. The molecule has 0 aliphatic heterocycles. The molecule has 174 valence electrons. The van der Waals surface area contributed by atoms with Gasteiger partial charge in [-0.2, -0.15) is 4.98 Å². The minimum absolute atomic E-state index is 0.0410. The van der Waals surface area contributed by atoms with Crippen LogP contribution in [0.5, 0.6) is 5.75 Å². The number of para-hydroxylation sites is 2. The molecule has 0 unspecified atom stereocenters. The van der Waals surface area contributed by atoms with Crippen LogP contribution in [0.25, 0.3) is 10.9 Å². The molecule has 1 fully saturated rings. The molecule has 3 aromatic rings. The minimum Gasteiger partial charge on any atom is -0.508 e. The van der Waals surface area contributed by atoms with E-state index in [1.165, 1.54) is 0 Å². The number of phenolic OH excluding ortho intramolecular Hbond substituents is 1. The number of nitrogens with one attached hydrogen (secondary N) is 2. The number of aryl methyl sites for hydroxylation is 1. The van der Waals surface area contributed by atoms with Crippen LogP contribution in [0.4, 0.5) is 11.8 Å². The first-order valence-electron chi connectivity index (χ1n) is 11.7. The number of nitrogens with zero attached hydrogens (tertiary/aromatic N) is 3. The lowest BCUT2D eigenvalue weighted by atomic mass is 9.86. The molecular weight excluding hydrogens is 414 g/mol. The zero-order valence-electron chi connectivity index (χ0n) is 19.4. The van der Waals surface area contributed by atoms with Crippen molar-refractivity contribution in [3.8, 4) is 5.75 Å². The second-order valence-corrected chi connectivity index (χ2v) is 9.08. The molecule has 4 rings (SSSR count). The van der Waals surface area contributed by atoms with Gasteiger partial charge in [-0.25, -0.2) is 4.98 Å². The van der Waals surface area contributed by atoms with Crippen LogP contribution in [0, 0.1) is 5.92 Å². The topological polar surface area (TPSA) is 90.4 Å². The Balaban J connectivity index is 1.24. The predicted octanol–water partition coefficient (Wildman–Crippen LogP) is 4.12. The standard InChI is InChI=1S/C26H33N5O2/c1-31(2)25-21-8-4-5-9-22(21)29-26(30-25)28-20-14-11-18(12-15-20)17-27-24(33)16-13-19-7-3-6-10-23(19)32/h3-10,18,20,32H,11-17H2,1-2H3,(H,27,33)(H,28,29,30)/t18-,20+. The van der Waals surface area contributed by atoms with Gasteiger partial charge in [0.05, 0.1) is 5.52 Å². The van der Waals surface area contributed by atoms with Crippen LogP contribution in [-0.2, 0) is 11.2 Å². The van der Waals surface area contributed by atoms with Crippen LogP contribution in [0.2, 0.25) is 0 Å². The fraction of sp³-hybridized carbons (Fsp3) is 0.423. The van der Waals surface area contributed by atoms with Crippen molar-refractivity contribution in [1.82, 2.24) is 15.3 Å². The average molecular weight is 448 g/mol. The molecule has 7 heteroatoms. The Labute approximate surface area is 195 Å². The molecule has 0 radical (unpaired) electrons. The van der Waals surface area contributed by atoms with E-state index in [9.17, 15) is 9.90 Å². The summed E-state index contributed by atoms with van der Waals surface area (Å²) in [6.45, 7) is 0.712. The Morgan fingerprint density at radius 1 is 1.03 bits per heavy atom. The molecule has 1 heterocycles. The van der Waals surface area contributed by atoms with Crippen LogP contribution in [-0.4, -0.2) is 47.7 Å². The molecule has 1 saturated carbocycles. The van der Waals surface area contributed by atoms with E-state index in [-0.39, 0.29) is 11.7 Å². The highest BCUT2D eigenvalue weighted by Crippen LogP contribution is 2.28. The maximum atomic E-state index is 12.2. The largest absolute Gasteiger partial charge is 0.508 e. The SMILES string of the molecule is CN(C)c1nc(N[C@H]2CC[C@@H](CNC(=O)CCc3ccccc3O)CC2)nc2ccccc12. The van der Waals surface area contributed by atoms with Gasteiger partial charge >= 0.3 is 0 Å². The zero-order valence-corrected chi connectivity index (χ0v) is 19.4. The number of fused-ring (bicyclic) bond motifs is 1. The summed E-state index contributed by atoms with van der Waals surface area (Å²) in [5.41, 5.74) is 1.76. The van der Waals surface area contributed by atoms with E-state index in [2.05, 4.69) is 16.7 Å². The molecule has 1 aliphatic carbocycles. The molecule has 0 saturated heterocycles. The molecule has 7 nitrogen and oxygen atoms in total. The number of aromatic hydroxyl groups is 1. The van der Waals surface area contributed by atoms with Gasteiger partial charge in [-0.3, -0.25) is 4.79 Å². The Hall–Kier alpha value is -3.35. The summed E-state index contributed by atoms with van der Waals surface area (Å²) in [5.74, 6) is 2.39. The zero-order chi connectivity index (χ0) is 23.2. The second-order valence-electron chi connectivity index (χ2n) is 9.08. The lowest BCUT2D eigenvalue weighted by Gasteiger charge is -2.29. The van der Waals surface area contributed by atoms with E-state index >= 15 is 0 Å². The van der Waals surface area contributed by atoms with E-state index in [1.54, 1.807) is 12.1 Å². The number of benzene rings is 2. The third-order valence-electron chi connectivity index (χ3n) is 6.39. The average Bonchev–Trinajstić information content (AvgIpc) is 2.82. The van der Waals surface area contributed by atoms with Gasteiger partial charge in [0.1, 0.15) is 11.6 Å². The Morgan fingerprint density at radius 2 is 1.76 bits per heavy atom. The molecule has 0 spiro atoms. The number of phenols is 1. The summed E-state index contributed by atoms with van der Waals surface area (Å²) >= 11 is 0. The number of anilines is 2. The van der Waals surface area contributed by atoms with Gasteiger partial charge in [-0.05, 0) is 61.8 Å². The van der Waals surface area contributed by atoms with E-state index in [0.717, 1.165) is 48.0 Å². The minimum atomic E-state index is 0.0410. The quantitative estimate of drug-likeness (QED) is 0.481. The third-order valence-corrected chi connectivity index (χ3v) is 6.39. The molecule has 0 bridgehead atoms. The normalized spacial score (nSPS) is 18.1. The van der Waals surface area contributed by atoms with E-state index in [4.69, 9.17) is 9.97 Å². The number of hydrogen-bond acceptors (Lipinski definition) is 6. The number of rotatable bonds is 8. The maximum Gasteiger partial charge on any atom is 0.225 e. The van der Waals surface area contributed by atoms with Crippen molar-refractivity contribution in [2.45, 2.75) is 44.6 Å². The Bertz CT molecular complexity index is 1090. The van der Waals surface area contributed by atoms with Crippen molar-refractivity contribution in [2.24, 2.45) is 5.92 Å². The van der Waals surface area contributed by atoms with Gasteiger partial charge in [0.25, 0.3) is 0 Å². The van der Waals surface area contributed by atoms with Crippen molar-refractivity contribution >= 4 is 28.6 Å². The first kappa shape index (κ1) is 22.8. The number of carbonyl (C=O) groups excluding carboxylic acids is 1. The van der Waals surface area contributed by atoms with Gasteiger partial charge in [0, 0.05) is 38.5 Å². The van der Waals surface area contributed by atoms with Gasteiger partial charge in [0.2, 0.25) is 11.9 Å². The van der Waals surface area contributed by atoms with Crippen molar-refractivity contribution in [3.63, 3.8) is 0 Å². The molecule has 3 N–H and O–H groups in total. The highest BCUT2D eigenvalue weighted by Gasteiger charge is 2.22. The lowest BCUT2D eigenvalue weighted by molar-refractivity contribution is -0.121. The first-order chi connectivity index (χ1) is 16.0. The number of hydrogen-bond donors (Lipinski definition) is 3. The summed E-state index contributed by atoms with van der Waals surface area (Å²) in [4.78, 5) is 23.7. The molecule has 33 heavy (non-hydrogen) atoms. The maximum absolute atomic E-state index is 12.2. The van der Waals surface area contributed by atoms with Crippen molar-refractivity contribution < 1.29 is 9.90 Å². The van der Waals surface area contributed by atoms with E-state index in [0.29, 0.717) is 37.3 Å². The molecule has 1 aromatic heterocycles. The van der Waals surface area contributed by atoms with Crippen molar-refractivity contribution in [1.29, 1.82) is 0 Å². The summed E-state index contributed by atoms with van der Waals surface area (Å²) in [6.07, 6.45) is 5.13. The lowest BCUT2D eigenvalue weighted by Crippen LogP contribution is -2.34. The highest BCUT2D eigenvalue weighted by atomic mass is 16.3. The summed E-state index contributed by atoms with van der Waals surface area (Å²) in [5, 5.41) is 17.5. The predicted molar refractivity (Wildman–Crippen MR) is 133 cm³/mol. The fourth-order valence-corrected chi connectivity index (χ4v) is 4.48. The number of amides is 1. The monoisotopic (exact) mass is 447 g/mol.